The zero-order valence-corrected chi connectivity index (χ0v) is 13.8. The van der Waals surface area contributed by atoms with Crippen molar-refractivity contribution in [3.8, 4) is 0 Å². The van der Waals surface area contributed by atoms with Gasteiger partial charge in [0.05, 0.1) is 5.41 Å². The average molecular weight is 303 g/mol. The van der Waals surface area contributed by atoms with Gasteiger partial charge in [-0.3, -0.25) is 4.79 Å². The van der Waals surface area contributed by atoms with Gasteiger partial charge >= 0.3 is 5.97 Å². The molecule has 3 heteroatoms. The minimum Gasteiger partial charge on any atom is -0.481 e. The van der Waals surface area contributed by atoms with Gasteiger partial charge in [0, 0.05) is 12.6 Å². The van der Waals surface area contributed by atoms with Crippen LogP contribution in [0.3, 0.4) is 0 Å². The summed E-state index contributed by atoms with van der Waals surface area (Å²) in [6, 6.07) is 11.2. The number of carbonyl (C=O) groups is 1. The highest BCUT2D eigenvalue weighted by atomic mass is 16.4. The highest BCUT2D eigenvalue weighted by Gasteiger charge is 2.35. The molecule has 0 saturated heterocycles. The molecule has 0 amide bonds. The van der Waals surface area contributed by atoms with Crippen molar-refractivity contribution in [2.75, 3.05) is 6.54 Å². The van der Waals surface area contributed by atoms with E-state index >= 15 is 0 Å². The second kappa shape index (κ2) is 7.77. The van der Waals surface area contributed by atoms with Gasteiger partial charge in [-0.2, -0.15) is 0 Å². The molecule has 1 saturated carbocycles. The molecule has 0 aromatic heterocycles. The van der Waals surface area contributed by atoms with Crippen molar-refractivity contribution in [1.29, 1.82) is 0 Å². The van der Waals surface area contributed by atoms with Gasteiger partial charge in [0.25, 0.3) is 0 Å². The zero-order chi connectivity index (χ0) is 16.0. The number of rotatable bonds is 7. The number of carboxylic acids is 1. The Morgan fingerprint density at radius 2 is 1.73 bits per heavy atom. The third-order valence-corrected chi connectivity index (χ3v) is 5.53. The topological polar surface area (TPSA) is 49.3 Å². The third kappa shape index (κ3) is 3.89. The van der Waals surface area contributed by atoms with Crippen molar-refractivity contribution >= 4 is 5.97 Å². The Morgan fingerprint density at radius 1 is 1.14 bits per heavy atom. The fraction of sp³-hybridized carbons (Fsp3) is 0.632. The molecule has 22 heavy (non-hydrogen) atoms. The molecule has 2 N–H and O–H groups in total. The Bertz CT molecular complexity index is 460. The molecule has 1 aliphatic rings. The SMILES string of the molecule is CCC(CC)(CNC1CCC(c2ccccc2)CC1)C(=O)O. The summed E-state index contributed by atoms with van der Waals surface area (Å²) in [5, 5.41) is 13.0. The van der Waals surface area contributed by atoms with Crippen LogP contribution in [0, 0.1) is 5.41 Å². The summed E-state index contributed by atoms with van der Waals surface area (Å²) >= 11 is 0. The number of benzene rings is 1. The highest BCUT2D eigenvalue weighted by Crippen LogP contribution is 2.33. The van der Waals surface area contributed by atoms with E-state index in [-0.39, 0.29) is 0 Å². The zero-order valence-electron chi connectivity index (χ0n) is 13.8. The second-order valence-corrected chi connectivity index (χ2v) is 6.63. The van der Waals surface area contributed by atoms with Crippen LogP contribution in [-0.2, 0) is 4.79 Å². The normalized spacial score (nSPS) is 22.5. The van der Waals surface area contributed by atoms with Crippen molar-refractivity contribution in [3.63, 3.8) is 0 Å². The molecule has 3 nitrogen and oxygen atoms in total. The Kier molecular flexibility index (Phi) is 6.01. The van der Waals surface area contributed by atoms with Gasteiger partial charge in [-0.15, -0.1) is 0 Å². The molecule has 1 aromatic rings. The van der Waals surface area contributed by atoms with Gasteiger partial charge in [-0.05, 0) is 50.0 Å². The standard InChI is InChI=1S/C19H29NO2/c1-3-19(4-2,18(21)22)14-20-17-12-10-16(11-13-17)15-8-6-5-7-9-15/h5-9,16-17,20H,3-4,10-14H2,1-2H3,(H,21,22). The van der Waals surface area contributed by atoms with Crippen LogP contribution in [0.5, 0.6) is 0 Å². The van der Waals surface area contributed by atoms with Crippen LogP contribution in [0.15, 0.2) is 30.3 Å². The van der Waals surface area contributed by atoms with Crippen molar-refractivity contribution in [1.82, 2.24) is 5.32 Å². The van der Waals surface area contributed by atoms with Crippen molar-refractivity contribution < 1.29 is 9.90 Å². The highest BCUT2D eigenvalue weighted by molar-refractivity contribution is 5.74. The Balaban J connectivity index is 1.84. The average Bonchev–Trinajstić information content (AvgIpc) is 2.57. The van der Waals surface area contributed by atoms with E-state index in [2.05, 4.69) is 35.6 Å². The first-order chi connectivity index (χ1) is 10.6. The summed E-state index contributed by atoms with van der Waals surface area (Å²) in [6.45, 7) is 4.55. The van der Waals surface area contributed by atoms with Crippen LogP contribution in [0.25, 0.3) is 0 Å². The molecule has 1 aliphatic carbocycles. The molecule has 0 spiro atoms. The molecule has 1 fully saturated rings. The second-order valence-electron chi connectivity index (χ2n) is 6.63. The summed E-state index contributed by atoms with van der Waals surface area (Å²) in [7, 11) is 0. The van der Waals surface area contributed by atoms with E-state index in [9.17, 15) is 9.90 Å². The first kappa shape index (κ1) is 17.0. The van der Waals surface area contributed by atoms with Gasteiger partial charge in [0.1, 0.15) is 0 Å². The van der Waals surface area contributed by atoms with E-state index in [1.54, 1.807) is 0 Å². The van der Waals surface area contributed by atoms with Gasteiger partial charge in [0.2, 0.25) is 0 Å². The largest absolute Gasteiger partial charge is 0.481 e. The molecule has 0 radical (unpaired) electrons. The van der Waals surface area contributed by atoms with Gasteiger partial charge in [-0.25, -0.2) is 0 Å². The fourth-order valence-corrected chi connectivity index (χ4v) is 3.57. The summed E-state index contributed by atoms with van der Waals surface area (Å²) in [4.78, 5) is 11.6. The van der Waals surface area contributed by atoms with E-state index in [0.717, 1.165) is 12.8 Å². The van der Waals surface area contributed by atoms with E-state index in [0.29, 0.717) is 31.3 Å². The molecule has 0 bridgehead atoms. The van der Waals surface area contributed by atoms with E-state index in [1.807, 2.05) is 13.8 Å². The molecule has 0 heterocycles. The predicted molar refractivity (Wildman–Crippen MR) is 90.1 cm³/mol. The summed E-state index contributed by atoms with van der Waals surface area (Å²) < 4.78 is 0. The molecule has 0 unspecified atom stereocenters. The quantitative estimate of drug-likeness (QED) is 0.794. The Morgan fingerprint density at radius 3 is 2.23 bits per heavy atom. The Labute approximate surface area is 134 Å². The molecule has 2 rings (SSSR count). The summed E-state index contributed by atoms with van der Waals surface area (Å²) in [6.07, 6.45) is 6.04. The monoisotopic (exact) mass is 303 g/mol. The lowest BCUT2D eigenvalue weighted by atomic mass is 9.79. The van der Waals surface area contributed by atoms with Gasteiger partial charge in [-0.1, -0.05) is 44.2 Å². The van der Waals surface area contributed by atoms with E-state index in [4.69, 9.17) is 0 Å². The van der Waals surface area contributed by atoms with Crippen LogP contribution >= 0.6 is 0 Å². The number of aliphatic carboxylic acids is 1. The smallest absolute Gasteiger partial charge is 0.310 e. The minimum atomic E-state index is -0.664. The Hall–Kier alpha value is -1.35. The van der Waals surface area contributed by atoms with Gasteiger partial charge < -0.3 is 10.4 Å². The molecular weight excluding hydrogens is 274 g/mol. The van der Waals surface area contributed by atoms with E-state index < -0.39 is 11.4 Å². The maximum Gasteiger partial charge on any atom is 0.310 e. The number of hydrogen-bond donors (Lipinski definition) is 2. The van der Waals surface area contributed by atoms with Crippen LogP contribution < -0.4 is 5.32 Å². The molecule has 0 atom stereocenters. The fourth-order valence-electron chi connectivity index (χ4n) is 3.57. The minimum absolute atomic E-state index is 0.469. The maximum atomic E-state index is 11.6. The maximum absolute atomic E-state index is 11.6. The third-order valence-electron chi connectivity index (χ3n) is 5.53. The van der Waals surface area contributed by atoms with Crippen molar-refractivity contribution in [2.45, 2.75) is 64.3 Å². The van der Waals surface area contributed by atoms with Crippen LogP contribution in [0.2, 0.25) is 0 Å². The van der Waals surface area contributed by atoms with Gasteiger partial charge in [0.15, 0.2) is 0 Å². The summed E-state index contributed by atoms with van der Waals surface area (Å²) in [5.41, 5.74) is 0.846. The predicted octanol–water partition coefficient (Wildman–Crippen LogP) is 4.19. The number of hydrogen-bond acceptors (Lipinski definition) is 2. The van der Waals surface area contributed by atoms with E-state index in [1.165, 1.54) is 18.4 Å². The molecule has 0 aliphatic heterocycles. The lowest BCUT2D eigenvalue weighted by molar-refractivity contribution is -0.149. The lowest BCUT2D eigenvalue weighted by Gasteiger charge is -2.33. The first-order valence-corrected chi connectivity index (χ1v) is 8.63. The van der Waals surface area contributed by atoms with Crippen molar-refractivity contribution in [2.24, 2.45) is 5.41 Å². The van der Waals surface area contributed by atoms with Crippen molar-refractivity contribution in [3.05, 3.63) is 35.9 Å². The molecule has 1 aromatic carbocycles. The number of carboxylic acid groups (broad SMARTS) is 1. The molecular formula is C19H29NO2. The van der Waals surface area contributed by atoms with Crippen LogP contribution in [-0.4, -0.2) is 23.7 Å². The van der Waals surface area contributed by atoms with Crippen LogP contribution in [0.4, 0.5) is 0 Å². The lowest BCUT2D eigenvalue weighted by Crippen LogP contribution is -2.44. The van der Waals surface area contributed by atoms with Crippen LogP contribution in [0.1, 0.15) is 63.9 Å². The summed E-state index contributed by atoms with van der Waals surface area (Å²) in [5.74, 6) is 0.00352. The number of nitrogens with one attached hydrogen (secondary N) is 1. The molecule has 122 valence electrons. The first-order valence-electron chi connectivity index (χ1n) is 8.63.